The van der Waals surface area contributed by atoms with Crippen LogP contribution in [-0.4, -0.2) is 63.0 Å². The van der Waals surface area contributed by atoms with Crippen molar-refractivity contribution >= 4 is 0 Å². The fourth-order valence-electron chi connectivity index (χ4n) is 3.59. The van der Waals surface area contributed by atoms with Crippen molar-refractivity contribution in [2.75, 3.05) is 26.2 Å². The molecule has 1 aromatic heterocycles. The first-order chi connectivity index (χ1) is 11.6. The zero-order valence-electron chi connectivity index (χ0n) is 14.3. The molecule has 0 bridgehead atoms. The molecule has 6 heteroatoms. The van der Waals surface area contributed by atoms with Crippen molar-refractivity contribution in [2.45, 2.75) is 32.5 Å². The van der Waals surface area contributed by atoms with Crippen LogP contribution in [0.4, 0.5) is 4.39 Å². The first kappa shape index (κ1) is 17.1. The molecule has 1 aliphatic rings. The van der Waals surface area contributed by atoms with Crippen molar-refractivity contribution in [2.24, 2.45) is 0 Å². The average molecular weight is 332 g/mol. The topological polar surface area (TPSA) is 44.5 Å². The summed E-state index contributed by atoms with van der Waals surface area (Å²) >= 11 is 0. The molecular weight excluding hydrogens is 307 g/mol. The van der Waals surface area contributed by atoms with Gasteiger partial charge in [-0.2, -0.15) is 5.10 Å². The Labute approximate surface area is 142 Å². The van der Waals surface area contributed by atoms with E-state index >= 15 is 0 Å². The summed E-state index contributed by atoms with van der Waals surface area (Å²) in [5, 5.41) is 13.8. The van der Waals surface area contributed by atoms with E-state index in [-0.39, 0.29) is 12.4 Å². The van der Waals surface area contributed by atoms with Crippen LogP contribution in [0.25, 0.3) is 5.69 Å². The second-order valence-electron chi connectivity index (χ2n) is 6.59. The van der Waals surface area contributed by atoms with Crippen LogP contribution in [0.1, 0.15) is 19.5 Å². The maximum Gasteiger partial charge on any atom is 0.125 e. The highest BCUT2D eigenvalue weighted by molar-refractivity contribution is 5.31. The quantitative estimate of drug-likeness (QED) is 0.908. The van der Waals surface area contributed by atoms with Crippen LogP contribution in [0.2, 0.25) is 0 Å². The molecule has 0 aliphatic carbocycles. The van der Waals surface area contributed by atoms with Gasteiger partial charge >= 0.3 is 0 Å². The Kier molecular flexibility index (Phi) is 5.28. The zero-order chi connectivity index (χ0) is 17.1. The summed E-state index contributed by atoms with van der Waals surface area (Å²) in [6, 6.07) is 9.25. The van der Waals surface area contributed by atoms with Crippen LogP contribution < -0.4 is 0 Å². The van der Waals surface area contributed by atoms with Gasteiger partial charge in [-0.05, 0) is 38.1 Å². The van der Waals surface area contributed by atoms with E-state index in [4.69, 9.17) is 0 Å². The van der Waals surface area contributed by atoms with Gasteiger partial charge in [0.1, 0.15) is 5.82 Å². The maximum absolute atomic E-state index is 13.3. The summed E-state index contributed by atoms with van der Waals surface area (Å²) in [6.07, 6.45) is 1.87. The van der Waals surface area contributed by atoms with Crippen molar-refractivity contribution < 1.29 is 9.50 Å². The summed E-state index contributed by atoms with van der Waals surface area (Å²) in [6.45, 7) is 8.02. The van der Waals surface area contributed by atoms with E-state index in [0.29, 0.717) is 12.1 Å². The SMILES string of the molecule is C[C@@H]1CN(Cc2ccn(-c3cccc(F)c3)n2)C[C@H](C)N1CCO. The number of β-amino-alcohol motifs (C(OH)–C–C–N with tert-alkyl or cyclic N) is 1. The van der Waals surface area contributed by atoms with E-state index in [1.165, 1.54) is 12.1 Å². The van der Waals surface area contributed by atoms with Gasteiger partial charge in [0.05, 0.1) is 18.0 Å². The predicted molar refractivity (Wildman–Crippen MR) is 91.5 cm³/mol. The third-order valence-electron chi connectivity index (χ3n) is 4.64. The number of halogens is 1. The molecule has 0 amide bonds. The second-order valence-corrected chi connectivity index (χ2v) is 6.59. The van der Waals surface area contributed by atoms with Gasteiger partial charge in [0, 0.05) is 44.5 Å². The molecule has 2 aromatic rings. The molecule has 1 fully saturated rings. The fourth-order valence-corrected chi connectivity index (χ4v) is 3.59. The van der Waals surface area contributed by atoms with E-state index in [1.807, 2.05) is 18.3 Å². The lowest BCUT2D eigenvalue weighted by Crippen LogP contribution is -2.56. The first-order valence-electron chi connectivity index (χ1n) is 8.46. The smallest absolute Gasteiger partial charge is 0.125 e. The number of aromatic nitrogens is 2. The normalized spacial score (nSPS) is 22.8. The third kappa shape index (κ3) is 3.83. The van der Waals surface area contributed by atoms with Crippen LogP contribution in [-0.2, 0) is 6.54 Å². The van der Waals surface area contributed by atoms with Crippen LogP contribution >= 0.6 is 0 Å². The molecule has 5 nitrogen and oxygen atoms in total. The van der Waals surface area contributed by atoms with Gasteiger partial charge in [0.2, 0.25) is 0 Å². The molecule has 1 aromatic carbocycles. The van der Waals surface area contributed by atoms with E-state index in [9.17, 15) is 9.50 Å². The molecule has 2 atom stereocenters. The number of piperazine rings is 1. The Hall–Kier alpha value is -1.76. The van der Waals surface area contributed by atoms with Gasteiger partial charge in [-0.15, -0.1) is 0 Å². The van der Waals surface area contributed by atoms with E-state index in [1.54, 1.807) is 10.7 Å². The monoisotopic (exact) mass is 332 g/mol. The highest BCUT2D eigenvalue weighted by Crippen LogP contribution is 2.17. The maximum atomic E-state index is 13.3. The molecule has 1 saturated heterocycles. The molecule has 24 heavy (non-hydrogen) atoms. The highest BCUT2D eigenvalue weighted by Gasteiger charge is 2.29. The number of rotatable bonds is 5. The molecule has 0 radical (unpaired) electrons. The molecule has 2 heterocycles. The minimum Gasteiger partial charge on any atom is -0.395 e. The number of benzene rings is 1. The molecule has 0 saturated carbocycles. The van der Waals surface area contributed by atoms with Crippen molar-refractivity contribution in [3.63, 3.8) is 0 Å². The van der Waals surface area contributed by atoms with Gasteiger partial charge < -0.3 is 5.11 Å². The summed E-state index contributed by atoms with van der Waals surface area (Å²) in [5.41, 5.74) is 1.71. The molecule has 130 valence electrons. The lowest BCUT2D eigenvalue weighted by atomic mass is 10.1. The average Bonchev–Trinajstić information content (AvgIpc) is 2.99. The summed E-state index contributed by atoms with van der Waals surface area (Å²) in [4.78, 5) is 4.74. The number of aliphatic hydroxyl groups is 1. The number of hydrogen-bond acceptors (Lipinski definition) is 4. The van der Waals surface area contributed by atoms with Crippen LogP contribution in [0.15, 0.2) is 36.5 Å². The predicted octanol–water partition coefficient (Wildman–Crippen LogP) is 1.90. The van der Waals surface area contributed by atoms with Crippen LogP contribution in [0.5, 0.6) is 0 Å². The van der Waals surface area contributed by atoms with E-state index in [2.05, 4.69) is 28.7 Å². The van der Waals surface area contributed by atoms with Crippen molar-refractivity contribution in [1.82, 2.24) is 19.6 Å². The standard InChI is InChI=1S/C18H25FN4O/c1-14-11-21(12-15(2)22(14)8-9-24)13-17-6-7-23(20-17)18-5-3-4-16(19)10-18/h3-7,10,14-15,24H,8-9,11-13H2,1-2H3/t14-,15+. The minimum absolute atomic E-state index is 0.201. The Bertz CT molecular complexity index is 663. The lowest BCUT2D eigenvalue weighted by molar-refractivity contribution is 0.0233. The third-order valence-corrected chi connectivity index (χ3v) is 4.64. The largest absolute Gasteiger partial charge is 0.395 e. The molecule has 0 unspecified atom stereocenters. The summed E-state index contributed by atoms with van der Waals surface area (Å²) in [7, 11) is 0. The summed E-state index contributed by atoms with van der Waals surface area (Å²) < 4.78 is 15.1. The molecule has 3 rings (SSSR count). The number of aliphatic hydroxyl groups excluding tert-OH is 1. The van der Waals surface area contributed by atoms with Crippen molar-refractivity contribution in [3.8, 4) is 5.69 Å². The van der Waals surface area contributed by atoms with Gasteiger partial charge in [0.15, 0.2) is 0 Å². The minimum atomic E-state index is -0.257. The second kappa shape index (κ2) is 7.42. The number of hydrogen-bond donors (Lipinski definition) is 1. The molecule has 0 spiro atoms. The van der Waals surface area contributed by atoms with E-state index < -0.39 is 0 Å². The van der Waals surface area contributed by atoms with Crippen LogP contribution in [0.3, 0.4) is 0 Å². The highest BCUT2D eigenvalue weighted by atomic mass is 19.1. The van der Waals surface area contributed by atoms with Gasteiger partial charge in [-0.25, -0.2) is 9.07 Å². The van der Waals surface area contributed by atoms with Crippen LogP contribution in [0, 0.1) is 5.82 Å². The Morgan fingerprint density at radius 2 is 1.96 bits per heavy atom. The zero-order valence-corrected chi connectivity index (χ0v) is 14.3. The molecule has 1 aliphatic heterocycles. The van der Waals surface area contributed by atoms with Crippen molar-refractivity contribution in [3.05, 3.63) is 48.0 Å². The summed E-state index contributed by atoms with van der Waals surface area (Å²) in [5.74, 6) is -0.257. The fraction of sp³-hybridized carbons (Fsp3) is 0.500. The Morgan fingerprint density at radius 3 is 2.62 bits per heavy atom. The molecule has 1 N–H and O–H groups in total. The number of nitrogens with zero attached hydrogens (tertiary/aromatic N) is 4. The van der Waals surface area contributed by atoms with Crippen molar-refractivity contribution in [1.29, 1.82) is 0 Å². The van der Waals surface area contributed by atoms with Gasteiger partial charge in [-0.1, -0.05) is 6.07 Å². The lowest BCUT2D eigenvalue weighted by Gasteiger charge is -2.44. The Balaban J connectivity index is 1.65. The van der Waals surface area contributed by atoms with E-state index in [0.717, 1.165) is 37.6 Å². The molecular formula is C18H25FN4O. The van der Waals surface area contributed by atoms with Gasteiger partial charge in [0.25, 0.3) is 0 Å². The van der Waals surface area contributed by atoms with Gasteiger partial charge in [-0.3, -0.25) is 9.80 Å². The first-order valence-corrected chi connectivity index (χ1v) is 8.46. The Morgan fingerprint density at radius 1 is 1.21 bits per heavy atom.